The number of carbonyl (C=O) groups excluding carboxylic acids is 1. The largest absolute Gasteiger partial charge is 0.351 e. The van der Waals surface area contributed by atoms with Gasteiger partial charge in [0.25, 0.3) is 5.91 Å². The second kappa shape index (κ2) is 7.11. The highest BCUT2D eigenvalue weighted by molar-refractivity contribution is 7.08. The number of allylic oxidation sites excluding steroid dienone is 1. The second-order valence-electron chi connectivity index (χ2n) is 3.41. The summed E-state index contributed by atoms with van der Waals surface area (Å²) in [6, 6.07) is 0. The molecule has 88 valence electrons. The van der Waals surface area contributed by atoms with Crippen LogP contribution in [0.1, 0.15) is 42.1 Å². The third-order valence-electron chi connectivity index (χ3n) is 2.08. The topological polar surface area (TPSA) is 54.9 Å². The summed E-state index contributed by atoms with van der Waals surface area (Å²) in [6.45, 7) is 4.69. The van der Waals surface area contributed by atoms with Gasteiger partial charge in [-0.2, -0.15) is 0 Å². The standard InChI is InChI=1S/C11H17N3OS/c1-3-5-6-8-12-11(15)10-9(7-4-2)13-14-16-10/h3,5H,4,6-8H2,1-2H3,(H,12,15)/b5-3+. The molecule has 5 heteroatoms. The minimum absolute atomic E-state index is 0.0528. The number of amides is 1. The molecule has 0 saturated heterocycles. The number of hydrogen-bond acceptors (Lipinski definition) is 4. The lowest BCUT2D eigenvalue weighted by Crippen LogP contribution is -2.24. The van der Waals surface area contributed by atoms with E-state index in [2.05, 4.69) is 21.8 Å². The maximum atomic E-state index is 11.8. The second-order valence-corrected chi connectivity index (χ2v) is 4.17. The van der Waals surface area contributed by atoms with Gasteiger partial charge in [0.2, 0.25) is 0 Å². The Balaban J connectivity index is 2.48. The molecule has 1 rings (SSSR count). The van der Waals surface area contributed by atoms with Crippen molar-refractivity contribution in [1.82, 2.24) is 14.9 Å². The molecule has 1 amide bonds. The van der Waals surface area contributed by atoms with Gasteiger partial charge in [-0.25, -0.2) is 0 Å². The Morgan fingerprint density at radius 2 is 2.38 bits per heavy atom. The van der Waals surface area contributed by atoms with Gasteiger partial charge in [-0.3, -0.25) is 4.79 Å². The van der Waals surface area contributed by atoms with Gasteiger partial charge < -0.3 is 5.32 Å². The van der Waals surface area contributed by atoms with Gasteiger partial charge in [0.1, 0.15) is 4.88 Å². The van der Waals surface area contributed by atoms with E-state index in [1.165, 1.54) is 11.5 Å². The van der Waals surface area contributed by atoms with Crippen LogP contribution in [0.5, 0.6) is 0 Å². The first-order valence-corrected chi connectivity index (χ1v) is 6.27. The van der Waals surface area contributed by atoms with E-state index in [-0.39, 0.29) is 5.91 Å². The van der Waals surface area contributed by atoms with E-state index in [1.807, 2.05) is 19.1 Å². The molecule has 0 radical (unpaired) electrons. The van der Waals surface area contributed by atoms with E-state index < -0.39 is 0 Å². The molecular weight excluding hydrogens is 222 g/mol. The van der Waals surface area contributed by atoms with Gasteiger partial charge in [-0.05, 0) is 31.3 Å². The number of nitrogens with one attached hydrogen (secondary N) is 1. The van der Waals surface area contributed by atoms with Crippen molar-refractivity contribution in [2.75, 3.05) is 6.54 Å². The van der Waals surface area contributed by atoms with Gasteiger partial charge in [-0.1, -0.05) is 30.0 Å². The van der Waals surface area contributed by atoms with Gasteiger partial charge in [0.15, 0.2) is 0 Å². The average Bonchev–Trinajstić information content (AvgIpc) is 2.73. The lowest BCUT2D eigenvalue weighted by Gasteiger charge is -2.01. The first-order chi connectivity index (χ1) is 7.79. The molecular formula is C11H17N3OS. The molecule has 0 aliphatic heterocycles. The highest BCUT2D eigenvalue weighted by atomic mass is 32.1. The molecule has 0 aliphatic carbocycles. The molecule has 1 N–H and O–H groups in total. The zero-order chi connectivity index (χ0) is 11.8. The van der Waals surface area contributed by atoms with Crippen LogP contribution in [0.2, 0.25) is 0 Å². The maximum absolute atomic E-state index is 11.8. The normalized spacial score (nSPS) is 10.9. The minimum atomic E-state index is -0.0528. The molecule has 0 aromatic carbocycles. The van der Waals surface area contributed by atoms with E-state index in [0.717, 1.165) is 25.0 Å². The van der Waals surface area contributed by atoms with E-state index >= 15 is 0 Å². The predicted molar refractivity (Wildman–Crippen MR) is 65.7 cm³/mol. The van der Waals surface area contributed by atoms with Gasteiger partial charge >= 0.3 is 0 Å². The Bertz CT molecular complexity index is 360. The molecule has 1 aromatic rings. The van der Waals surface area contributed by atoms with Crippen LogP contribution in [0.3, 0.4) is 0 Å². The molecule has 0 spiro atoms. The number of aromatic nitrogens is 2. The smallest absolute Gasteiger partial charge is 0.264 e. The summed E-state index contributed by atoms with van der Waals surface area (Å²) in [6.07, 6.45) is 6.65. The third-order valence-corrected chi connectivity index (χ3v) is 2.85. The molecule has 0 bridgehead atoms. The third kappa shape index (κ3) is 3.73. The van der Waals surface area contributed by atoms with Crippen LogP contribution >= 0.6 is 11.5 Å². The van der Waals surface area contributed by atoms with Crippen LogP contribution in [-0.4, -0.2) is 22.0 Å². The van der Waals surface area contributed by atoms with Crippen molar-refractivity contribution in [1.29, 1.82) is 0 Å². The van der Waals surface area contributed by atoms with Crippen molar-refractivity contribution in [3.63, 3.8) is 0 Å². The fourth-order valence-corrected chi connectivity index (χ4v) is 1.92. The van der Waals surface area contributed by atoms with E-state index in [0.29, 0.717) is 11.4 Å². The van der Waals surface area contributed by atoms with Crippen LogP contribution < -0.4 is 5.32 Å². The van der Waals surface area contributed by atoms with E-state index in [9.17, 15) is 4.79 Å². The lowest BCUT2D eigenvalue weighted by molar-refractivity contribution is 0.0957. The van der Waals surface area contributed by atoms with E-state index in [4.69, 9.17) is 0 Å². The van der Waals surface area contributed by atoms with Crippen molar-refractivity contribution >= 4 is 17.4 Å². The molecule has 0 aliphatic rings. The van der Waals surface area contributed by atoms with Crippen molar-refractivity contribution < 1.29 is 4.79 Å². The lowest BCUT2D eigenvalue weighted by atomic mass is 10.2. The van der Waals surface area contributed by atoms with Crippen LogP contribution in [-0.2, 0) is 6.42 Å². The van der Waals surface area contributed by atoms with Crippen molar-refractivity contribution in [2.24, 2.45) is 0 Å². The SMILES string of the molecule is C/C=C/CCNC(=O)c1snnc1CCC. The fourth-order valence-electron chi connectivity index (χ4n) is 1.30. The molecule has 0 atom stereocenters. The first kappa shape index (κ1) is 12.8. The molecule has 4 nitrogen and oxygen atoms in total. The summed E-state index contributed by atoms with van der Waals surface area (Å²) >= 11 is 1.17. The Kier molecular flexibility index (Phi) is 5.71. The number of aryl methyl sites for hydroxylation is 1. The first-order valence-electron chi connectivity index (χ1n) is 5.50. The zero-order valence-electron chi connectivity index (χ0n) is 9.69. The van der Waals surface area contributed by atoms with Gasteiger partial charge in [0.05, 0.1) is 5.69 Å². The molecule has 1 aromatic heterocycles. The maximum Gasteiger partial charge on any atom is 0.264 e. The van der Waals surface area contributed by atoms with E-state index in [1.54, 1.807) is 0 Å². The average molecular weight is 239 g/mol. The number of nitrogens with zero attached hydrogens (tertiary/aromatic N) is 2. The van der Waals surface area contributed by atoms with Crippen LogP contribution in [0.4, 0.5) is 0 Å². The Morgan fingerprint density at radius 3 is 3.06 bits per heavy atom. The molecule has 0 unspecified atom stereocenters. The highest BCUT2D eigenvalue weighted by Gasteiger charge is 2.14. The predicted octanol–water partition coefficient (Wildman–Crippen LogP) is 2.19. The molecule has 0 saturated carbocycles. The van der Waals surface area contributed by atoms with Crippen molar-refractivity contribution in [3.05, 3.63) is 22.7 Å². The summed E-state index contributed by atoms with van der Waals surface area (Å²) < 4.78 is 3.82. The number of carbonyl (C=O) groups is 1. The summed E-state index contributed by atoms with van der Waals surface area (Å²) in [5.41, 5.74) is 0.816. The fraction of sp³-hybridized carbons (Fsp3) is 0.545. The van der Waals surface area contributed by atoms with Gasteiger partial charge in [0, 0.05) is 6.54 Å². The minimum Gasteiger partial charge on any atom is -0.351 e. The monoisotopic (exact) mass is 239 g/mol. The van der Waals surface area contributed by atoms with Crippen LogP contribution in [0.25, 0.3) is 0 Å². The van der Waals surface area contributed by atoms with Crippen LogP contribution in [0, 0.1) is 0 Å². The Labute approximate surface area is 99.9 Å². The molecule has 16 heavy (non-hydrogen) atoms. The number of hydrogen-bond donors (Lipinski definition) is 1. The Hall–Kier alpha value is -1.23. The summed E-state index contributed by atoms with van der Waals surface area (Å²) in [7, 11) is 0. The quantitative estimate of drug-likeness (QED) is 0.611. The zero-order valence-corrected chi connectivity index (χ0v) is 10.5. The van der Waals surface area contributed by atoms with Crippen molar-refractivity contribution in [3.8, 4) is 0 Å². The Morgan fingerprint density at radius 1 is 1.56 bits per heavy atom. The number of rotatable bonds is 6. The summed E-state index contributed by atoms with van der Waals surface area (Å²) in [5.74, 6) is -0.0528. The van der Waals surface area contributed by atoms with Crippen molar-refractivity contribution in [2.45, 2.75) is 33.1 Å². The van der Waals surface area contributed by atoms with Crippen LogP contribution in [0.15, 0.2) is 12.2 Å². The summed E-state index contributed by atoms with van der Waals surface area (Å²) in [4.78, 5) is 12.4. The highest BCUT2D eigenvalue weighted by Crippen LogP contribution is 2.12. The van der Waals surface area contributed by atoms with Gasteiger partial charge in [-0.15, -0.1) is 5.10 Å². The summed E-state index contributed by atoms with van der Waals surface area (Å²) in [5, 5.41) is 6.82. The molecule has 0 fully saturated rings. The molecule has 1 heterocycles.